The first-order valence-corrected chi connectivity index (χ1v) is 8.84. The summed E-state index contributed by atoms with van der Waals surface area (Å²) >= 11 is 0. The Labute approximate surface area is 130 Å². The molecular weight excluding hydrogens is 297 g/mol. The minimum absolute atomic E-state index is 0.241. The standard InChI is InChI=1S/C17H20NO3P/c1-2-16(18)17(19)13-21-22(20,14-9-5-3-6-10-14)15-11-7-4-8-12-15/h3-12,16H,2,13,18H2,1H3. The van der Waals surface area contributed by atoms with Crippen LogP contribution >= 0.6 is 7.37 Å². The van der Waals surface area contributed by atoms with Gasteiger partial charge in [0.05, 0.1) is 6.04 Å². The molecule has 0 aromatic heterocycles. The van der Waals surface area contributed by atoms with Crippen molar-refractivity contribution >= 4 is 23.8 Å². The maximum Gasteiger partial charge on any atom is 0.261 e. The molecule has 0 saturated carbocycles. The number of ketones is 1. The van der Waals surface area contributed by atoms with E-state index in [4.69, 9.17) is 10.3 Å². The van der Waals surface area contributed by atoms with Gasteiger partial charge in [0.2, 0.25) is 0 Å². The average Bonchev–Trinajstić information content (AvgIpc) is 2.60. The Balaban J connectivity index is 2.32. The first kappa shape index (κ1) is 16.6. The highest BCUT2D eigenvalue weighted by atomic mass is 31.2. The molecular formula is C17H20NO3P. The van der Waals surface area contributed by atoms with Crippen molar-refractivity contribution in [3.63, 3.8) is 0 Å². The summed E-state index contributed by atoms with van der Waals surface area (Å²) in [6.45, 7) is 1.58. The van der Waals surface area contributed by atoms with Gasteiger partial charge in [0.1, 0.15) is 6.61 Å². The number of benzene rings is 2. The molecule has 0 radical (unpaired) electrons. The van der Waals surface area contributed by atoms with Crippen molar-refractivity contribution < 1.29 is 13.9 Å². The van der Waals surface area contributed by atoms with E-state index < -0.39 is 13.4 Å². The number of carbonyl (C=O) groups excluding carboxylic acids is 1. The number of carbonyl (C=O) groups is 1. The van der Waals surface area contributed by atoms with Gasteiger partial charge < -0.3 is 10.3 Å². The van der Waals surface area contributed by atoms with E-state index in [1.54, 1.807) is 48.5 Å². The van der Waals surface area contributed by atoms with E-state index in [0.717, 1.165) is 0 Å². The van der Waals surface area contributed by atoms with Crippen LogP contribution < -0.4 is 16.3 Å². The van der Waals surface area contributed by atoms with Crippen molar-refractivity contribution in [2.24, 2.45) is 5.73 Å². The molecule has 2 aromatic carbocycles. The predicted molar refractivity (Wildman–Crippen MR) is 89.0 cm³/mol. The van der Waals surface area contributed by atoms with Gasteiger partial charge in [-0.3, -0.25) is 9.36 Å². The van der Waals surface area contributed by atoms with Crippen molar-refractivity contribution in [2.75, 3.05) is 6.61 Å². The maximum atomic E-state index is 13.4. The van der Waals surface area contributed by atoms with E-state index in [1.165, 1.54) is 0 Å². The van der Waals surface area contributed by atoms with Crippen LogP contribution in [0.15, 0.2) is 60.7 Å². The number of hydrogen-bond donors (Lipinski definition) is 1. The number of nitrogens with two attached hydrogens (primary N) is 1. The Hall–Kier alpha value is -1.74. The zero-order chi connectivity index (χ0) is 16.0. The summed E-state index contributed by atoms with van der Waals surface area (Å²) in [4.78, 5) is 11.9. The summed E-state index contributed by atoms with van der Waals surface area (Å²) in [6, 6.07) is 17.3. The summed E-state index contributed by atoms with van der Waals surface area (Å²) in [5.74, 6) is -0.241. The van der Waals surface area contributed by atoms with Gasteiger partial charge in [-0.15, -0.1) is 0 Å². The van der Waals surface area contributed by atoms with Crippen LogP contribution in [0, 0.1) is 0 Å². The highest BCUT2D eigenvalue weighted by Crippen LogP contribution is 2.44. The van der Waals surface area contributed by atoms with Crippen molar-refractivity contribution in [1.29, 1.82) is 0 Å². The third-order valence-electron chi connectivity index (χ3n) is 3.43. The van der Waals surface area contributed by atoms with Crippen LogP contribution in [0.5, 0.6) is 0 Å². The molecule has 0 saturated heterocycles. The lowest BCUT2D eigenvalue weighted by atomic mass is 10.2. The fraction of sp³-hybridized carbons (Fsp3) is 0.235. The number of hydrogen-bond acceptors (Lipinski definition) is 4. The van der Waals surface area contributed by atoms with Crippen LogP contribution in [0.1, 0.15) is 13.3 Å². The Morgan fingerprint density at radius 3 is 1.91 bits per heavy atom. The molecule has 0 bridgehead atoms. The molecule has 0 amide bonds. The Morgan fingerprint density at radius 1 is 1.05 bits per heavy atom. The van der Waals surface area contributed by atoms with E-state index in [-0.39, 0.29) is 12.4 Å². The normalized spacial score (nSPS) is 12.8. The van der Waals surface area contributed by atoms with E-state index in [2.05, 4.69) is 0 Å². The topological polar surface area (TPSA) is 69.4 Å². The lowest BCUT2D eigenvalue weighted by Crippen LogP contribution is -2.33. The van der Waals surface area contributed by atoms with Crippen LogP contribution in [0.4, 0.5) is 0 Å². The van der Waals surface area contributed by atoms with E-state index in [9.17, 15) is 9.36 Å². The van der Waals surface area contributed by atoms with Gasteiger partial charge in [-0.2, -0.15) is 0 Å². The van der Waals surface area contributed by atoms with Crippen molar-refractivity contribution in [3.8, 4) is 0 Å². The molecule has 0 aliphatic carbocycles. The van der Waals surface area contributed by atoms with Crippen LogP contribution in [0.2, 0.25) is 0 Å². The second kappa shape index (κ2) is 7.50. The van der Waals surface area contributed by atoms with E-state index >= 15 is 0 Å². The number of Topliss-reactive ketones (excluding diaryl/α,β-unsaturated/α-hetero) is 1. The van der Waals surface area contributed by atoms with Gasteiger partial charge in [0.15, 0.2) is 5.78 Å². The lowest BCUT2D eigenvalue weighted by molar-refractivity contribution is -0.122. The van der Waals surface area contributed by atoms with Crippen LogP contribution in [-0.2, 0) is 13.9 Å². The SMILES string of the molecule is CCC(N)C(=O)COP(=O)(c1ccccc1)c1ccccc1. The molecule has 1 atom stereocenters. The molecule has 0 aliphatic heterocycles. The fourth-order valence-electron chi connectivity index (χ4n) is 2.04. The molecule has 0 spiro atoms. The highest BCUT2D eigenvalue weighted by molar-refractivity contribution is 7.74. The zero-order valence-corrected chi connectivity index (χ0v) is 13.4. The van der Waals surface area contributed by atoms with E-state index in [0.29, 0.717) is 17.0 Å². The van der Waals surface area contributed by atoms with Crippen molar-refractivity contribution in [1.82, 2.24) is 0 Å². The van der Waals surface area contributed by atoms with E-state index in [1.807, 2.05) is 19.1 Å². The third kappa shape index (κ3) is 3.72. The predicted octanol–water partition coefficient (Wildman–Crippen LogP) is 2.24. The van der Waals surface area contributed by atoms with Gasteiger partial charge in [-0.25, -0.2) is 0 Å². The van der Waals surface area contributed by atoms with Crippen LogP contribution in [0.3, 0.4) is 0 Å². The van der Waals surface area contributed by atoms with Crippen LogP contribution in [-0.4, -0.2) is 18.4 Å². The molecule has 4 nitrogen and oxygen atoms in total. The lowest BCUT2D eigenvalue weighted by Gasteiger charge is -2.20. The molecule has 2 rings (SSSR count). The molecule has 116 valence electrons. The van der Waals surface area contributed by atoms with Gasteiger partial charge in [-0.1, -0.05) is 43.3 Å². The largest absolute Gasteiger partial charge is 0.321 e. The Kier molecular flexibility index (Phi) is 5.67. The smallest absolute Gasteiger partial charge is 0.261 e. The quantitative estimate of drug-likeness (QED) is 0.795. The van der Waals surface area contributed by atoms with Crippen LogP contribution in [0.25, 0.3) is 0 Å². The summed E-state index contributed by atoms with van der Waals surface area (Å²) in [6.07, 6.45) is 0.531. The maximum absolute atomic E-state index is 13.4. The molecule has 2 N–H and O–H groups in total. The minimum atomic E-state index is -3.30. The molecule has 22 heavy (non-hydrogen) atoms. The molecule has 0 aliphatic rings. The van der Waals surface area contributed by atoms with Crippen molar-refractivity contribution in [2.45, 2.75) is 19.4 Å². The average molecular weight is 317 g/mol. The number of rotatable bonds is 7. The molecule has 5 heteroatoms. The monoisotopic (exact) mass is 317 g/mol. The Bertz CT molecular complexity index is 615. The second-order valence-corrected chi connectivity index (χ2v) is 7.37. The van der Waals surface area contributed by atoms with Crippen molar-refractivity contribution in [3.05, 3.63) is 60.7 Å². The highest BCUT2D eigenvalue weighted by Gasteiger charge is 2.29. The molecule has 1 unspecified atom stereocenters. The fourth-order valence-corrected chi connectivity index (χ4v) is 4.07. The summed E-state index contributed by atoms with van der Waals surface area (Å²) < 4.78 is 19.0. The zero-order valence-electron chi connectivity index (χ0n) is 12.5. The first-order chi connectivity index (χ1) is 10.6. The summed E-state index contributed by atoms with van der Waals surface area (Å²) in [7, 11) is -3.30. The first-order valence-electron chi connectivity index (χ1n) is 7.22. The van der Waals surface area contributed by atoms with Gasteiger partial charge in [0, 0.05) is 10.6 Å². The van der Waals surface area contributed by atoms with Gasteiger partial charge >= 0.3 is 0 Å². The summed E-state index contributed by atoms with van der Waals surface area (Å²) in [5, 5.41) is 1.14. The Morgan fingerprint density at radius 2 is 1.50 bits per heavy atom. The third-order valence-corrected chi connectivity index (χ3v) is 5.88. The minimum Gasteiger partial charge on any atom is -0.321 e. The molecule has 0 heterocycles. The van der Waals surface area contributed by atoms with Gasteiger partial charge in [0.25, 0.3) is 7.37 Å². The summed E-state index contributed by atoms with van der Waals surface area (Å²) in [5.41, 5.74) is 5.70. The van der Waals surface area contributed by atoms with Gasteiger partial charge in [-0.05, 0) is 30.7 Å². The second-order valence-electron chi connectivity index (χ2n) is 4.98. The molecule has 0 fully saturated rings. The molecule has 2 aromatic rings.